The first-order valence-corrected chi connectivity index (χ1v) is 8.67. The molecule has 0 spiro atoms. The first kappa shape index (κ1) is 19.9. The lowest BCUT2D eigenvalue weighted by atomic mass is 10.0. The summed E-state index contributed by atoms with van der Waals surface area (Å²) in [7, 11) is 0. The lowest BCUT2D eigenvalue weighted by Crippen LogP contribution is -2.54. The zero-order valence-corrected chi connectivity index (χ0v) is 14.7. The molecule has 2 aliphatic heterocycles. The van der Waals surface area contributed by atoms with Gasteiger partial charge in [-0.25, -0.2) is 4.79 Å². The van der Waals surface area contributed by atoms with Crippen molar-refractivity contribution in [2.45, 2.75) is 44.1 Å². The second-order valence-electron chi connectivity index (χ2n) is 6.60. The molecule has 0 aliphatic carbocycles. The van der Waals surface area contributed by atoms with Crippen LogP contribution >= 0.6 is 0 Å². The zero-order chi connectivity index (χ0) is 20.3. The van der Waals surface area contributed by atoms with E-state index in [1.54, 1.807) is 5.43 Å². The van der Waals surface area contributed by atoms with Gasteiger partial charge in [0.1, 0.15) is 19.1 Å². The molecule has 2 saturated heterocycles. The fourth-order valence-corrected chi connectivity index (χ4v) is 3.23. The van der Waals surface area contributed by atoms with E-state index >= 15 is 0 Å². The van der Waals surface area contributed by atoms with Crippen LogP contribution in [0.5, 0.6) is 0 Å². The van der Waals surface area contributed by atoms with E-state index in [9.17, 15) is 27.6 Å². The van der Waals surface area contributed by atoms with Crippen LogP contribution in [0.25, 0.3) is 0 Å². The summed E-state index contributed by atoms with van der Waals surface area (Å²) in [4.78, 5) is 42.9. The highest BCUT2D eigenvalue weighted by atomic mass is 19.4. The molecule has 2 heterocycles. The van der Waals surface area contributed by atoms with Crippen molar-refractivity contribution in [3.8, 4) is 0 Å². The van der Waals surface area contributed by atoms with Crippen LogP contribution in [0.15, 0.2) is 30.3 Å². The number of nitrogens with zero attached hydrogens (tertiary/aromatic N) is 2. The molecule has 0 radical (unpaired) electrons. The van der Waals surface area contributed by atoms with Gasteiger partial charge in [-0.15, -0.1) is 0 Å². The van der Waals surface area contributed by atoms with Crippen molar-refractivity contribution in [3.05, 3.63) is 35.9 Å². The fourth-order valence-electron chi connectivity index (χ4n) is 3.23. The monoisotopic (exact) mass is 400 g/mol. The minimum absolute atomic E-state index is 0.196. The number of benzene rings is 1. The third-order valence-corrected chi connectivity index (χ3v) is 4.52. The SMILES string of the molecule is O=C(CC(F)(F)F)NNC(=O)[C@@H]1CC[C@@H]2CN1C(=O)N2OCc1ccccc1. The van der Waals surface area contributed by atoms with E-state index in [1.807, 2.05) is 35.8 Å². The highest BCUT2D eigenvalue weighted by Crippen LogP contribution is 2.30. The van der Waals surface area contributed by atoms with Gasteiger partial charge in [-0.05, 0) is 18.4 Å². The van der Waals surface area contributed by atoms with Crippen molar-refractivity contribution in [2.24, 2.45) is 0 Å². The second-order valence-corrected chi connectivity index (χ2v) is 6.60. The Morgan fingerprint density at radius 2 is 1.86 bits per heavy atom. The third-order valence-electron chi connectivity index (χ3n) is 4.52. The molecule has 2 fully saturated rings. The highest BCUT2D eigenvalue weighted by molar-refractivity contribution is 5.90. The summed E-state index contributed by atoms with van der Waals surface area (Å²) in [6, 6.07) is 7.68. The maximum absolute atomic E-state index is 12.6. The molecular weight excluding hydrogens is 381 g/mol. The average molecular weight is 400 g/mol. The number of nitrogens with one attached hydrogen (secondary N) is 2. The van der Waals surface area contributed by atoms with Crippen LogP contribution in [0.1, 0.15) is 24.8 Å². The normalized spacial score (nSPS) is 21.6. The number of rotatable bonds is 5. The van der Waals surface area contributed by atoms with Crippen molar-refractivity contribution in [3.63, 3.8) is 0 Å². The number of hydrazine groups is 1. The van der Waals surface area contributed by atoms with Gasteiger partial charge in [0.05, 0.1) is 6.04 Å². The molecule has 11 heteroatoms. The Kier molecular flexibility index (Phi) is 5.73. The summed E-state index contributed by atoms with van der Waals surface area (Å²) in [6.07, 6.45) is -5.58. The molecule has 3 rings (SSSR count). The number of hydroxylamine groups is 2. The van der Waals surface area contributed by atoms with E-state index in [-0.39, 0.29) is 19.2 Å². The van der Waals surface area contributed by atoms with Crippen LogP contribution in [0.4, 0.5) is 18.0 Å². The number of piperidine rings is 1. The Labute approximate surface area is 158 Å². The Morgan fingerprint density at radius 3 is 2.54 bits per heavy atom. The number of carbonyl (C=O) groups excluding carboxylic acids is 3. The lowest BCUT2D eigenvalue weighted by molar-refractivity contribution is -0.155. The molecule has 1 aromatic carbocycles. The van der Waals surface area contributed by atoms with Crippen molar-refractivity contribution in [1.29, 1.82) is 0 Å². The van der Waals surface area contributed by atoms with Gasteiger partial charge >= 0.3 is 12.2 Å². The number of urea groups is 1. The van der Waals surface area contributed by atoms with E-state index in [0.717, 1.165) is 5.56 Å². The van der Waals surface area contributed by atoms with Gasteiger partial charge in [-0.3, -0.25) is 25.3 Å². The van der Waals surface area contributed by atoms with Gasteiger partial charge in [0.2, 0.25) is 5.91 Å². The Hall–Kier alpha value is -2.82. The van der Waals surface area contributed by atoms with E-state index in [2.05, 4.69) is 0 Å². The van der Waals surface area contributed by atoms with Crippen LogP contribution in [0, 0.1) is 0 Å². The molecule has 28 heavy (non-hydrogen) atoms. The summed E-state index contributed by atoms with van der Waals surface area (Å²) in [5.74, 6) is -2.12. The quantitative estimate of drug-likeness (QED) is 0.733. The lowest BCUT2D eigenvalue weighted by Gasteiger charge is -2.29. The first-order valence-electron chi connectivity index (χ1n) is 8.67. The van der Waals surface area contributed by atoms with Crippen molar-refractivity contribution < 1.29 is 32.4 Å². The van der Waals surface area contributed by atoms with Crippen LogP contribution in [0.2, 0.25) is 0 Å². The highest BCUT2D eigenvalue weighted by Gasteiger charge is 2.48. The fraction of sp³-hybridized carbons (Fsp3) is 0.471. The molecule has 1 aromatic rings. The standard InChI is InChI=1S/C17H19F3N4O4/c18-17(19,20)8-14(25)21-22-15(26)13-7-6-12-9-23(13)16(27)24(12)28-10-11-4-2-1-3-5-11/h1-5,12-13H,6-10H2,(H,21,25)(H,22,26)/t12-,13+/m1/s1. The van der Waals surface area contributed by atoms with Gasteiger partial charge in [0.25, 0.3) is 5.91 Å². The average Bonchev–Trinajstić information content (AvgIpc) is 2.88. The number of halogens is 3. The number of amides is 4. The molecule has 8 nitrogen and oxygen atoms in total. The van der Waals surface area contributed by atoms with Crippen LogP contribution in [-0.4, -0.2) is 52.6 Å². The van der Waals surface area contributed by atoms with Crippen LogP contribution < -0.4 is 10.9 Å². The van der Waals surface area contributed by atoms with Gasteiger partial charge < -0.3 is 4.90 Å². The van der Waals surface area contributed by atoms with Crippen molar-refractivity contribution >= 4 is 17.8 Å². The summed E-state index contributed by atoms with van der Waals surface area (Å²) in [5.41, 5.74) is 4.57. The van der Waals surface area contributed by atoms with Gasteiger partial charge in [-0.2, -0.15) is 18.2 Å². The van der Waals surface area contributed by atoms with E-state index in [4.69, 9.17) is 4.84 Å². The van der Waals surface area contributed by atoms with Crippen LogP contribution in [0.3, 0.4) is 0 Å². The van der Waals surface area contributed by atoms with E-state index in [0.29, 0.717) is 12.8 Å². The van der Waals surface area contributed by atoms with Gasteiger partial charge in [0.15, 0.2) is 0 Å². The summed E-state index contributed by atoms with van der Waals surface area (Å²) < 4.78 is 36.5. The molecule has 0 aromatic heterocycles. The first-order chi connectivity index (χ1) is 13.2. The second kappa shape index (κ2) is 8.05. The zero-order valence-electron chi connectivity index (χ0n) is 14.7. The minimum Gasteiger partial charge on any atom is -0.309 e. The predicted octanol–water partition coefficient (Wildman–Crippen LogP) is 1.49. The third kappa shape index (κ3) is 4.71. The number of hydrogen-bond acceptors (Lipinski definition) is 4. The minimum atomic E-state index is -4.67. The summed E-state index contributed by atoms with van der Waals surface area (Å²) >= 11 is 0. The molecular formula is C17H19F3N4O4. The van der Waals surface area contributed by atoms with Crippen LogP contribution in [-0.2, 0) is 21.0 Å². The smallest absolute Gasteiger partial charge is 0.309 e. The molecule has 0 saturated carbocycles. The molecule has 2 atom stereocenters. The topological polar surface area (TPSA) is 91.0 Å². The summed E-state index contributed by atoms with van der Waals surface area (Å²) in [5, 5.41) is 1.24. The molecule has 2 aliphatic rings. The van der Waals surface area contributed by atoms with Crippen molar-refractivity contribution in [2.75, 3.05) is 6.54 Å². The van der Waals surface area contributed by atoms with Gasteiger partial charge in [-0.1, -0.05) is 30.3 Å². The molecule has 2 bridgehead atoms. The van der Waals surface area contributed by atoms with E-state index in [1.165, 1.54) is 9.96 Å². The summed E-state index contributed by atoms with van der Waals surface area (Å²) in [6.45, 7) is 0.462. The number of hydrogen-bond donors (Lipinski definition) is 2. The predicted molar refractivity (Wildman–Crippen MR) is 88.9 cm³/mol. The Balaban J connectivity index is 1.53. The van der Waals surface area contributed by atoms with E-state index < -0.39 is 36.5 Å². The largest absolute Gasteiger partial charge is 0.397 e. The van der Waals surface area contributed by atoms with Crippen molar-refractivity contribution in [1.82, 2.24) is 20.8 Å². The molecule has 152 valence electrons. The molecule has 0 unspecified atom stereocenters. The Morgan fingerprint density at radius 1 is 1.14 bits per heavy atom. The maximum atomic E-state index is 12.6. The Bertz CT molecular complexity index is 744. The number of alkyl halides is 3. The molecule has 2 N–H and O–H groups in total. The number of fused-ring (bicyclic) bond motifs is 2. The van der Waals surface area contributed by atoms with Gasteiger partial charge in [0, 0.05) is 6.54 Å². The number of carbonyl (C=O) groups is 3. The maximum Gasteiger partial charge on any atom is 0.397 e. The molecule has 4 amide bonds.